The van der Waals surface area contributed by atoms with E-state index in [1.54, 1.807) is 30.3 Å². The Morgan fingerprint density at radius 3 is 2.57 bits per heavy atom. The van der Waals surface area contributed by atoms with Crippen LogP contribution in [0.15, 0.2) is 59.9 Å². The Bertz CT molecular complexity index is 935. The zero-order valence-electron chi connectivity index (χ0n) is 12.0. The molecule has 0 aliphatic heterocycles. The van der Waals surface area contributed by atoms with Gasteiger partial charge in [-0.15, -0.1) is 6.58 Å². The zero-order chi connectivity index (χ0) is 16.6. The Morgan fingerprint density at radius 2 is 1.87 bits per heavy atom. The van der Waals surface area contributed by atoms with Crippen molar-refractivity contribution in [1.29, 1.82) is 0 Å². The molecule has 0 bridgehead atoms. The summed E-state index contributed by atoms with van der Waals surface area (Å²) >= 11 is 0. The smallest absolute Gasteiger partial charge is 0.306 e. The van der Waals surface area contributed by atoms with E-state index in [-0.39, 0.29) is 5.69 Å². The van der Waals surface area contributed by atoms with Crippen LogP contribution >= 0.6 is 0 Å². The van der Waals surface area contributed by atoms with Crippen molar-refractivity contribution in [1.82, 2.24) is 9.55 Å². The first-order chi connectivity index (χ1) is 10.9. The maximum atomic E-state index is 12.8. The molecule has 0 amide bonds. The first-order valence-electron chi connectivity index (χ1n) is 6.91. The van der Waals surface area contributed by atoms with E-state index < -0.39 is 11.7 Å². The summed E-state index contributed by atoms with van der Waals surface area (Å²) in [5.74, 6) is 0. The molecule has 0 unspecified atom stereocenters. The molecule has 3 aromatic rings. The molecule has 6 heteroatoms. The summed E-state index contributed by atoms with van der Waals surface area (Å²) in [5, 5.41) is 0. The summed E-state index contributed by atoms with van der Waals surface area (Å²) in [6.07, 6.45) is -2.78. The van der Waals surface area contributed by atoms with Gasteiger partial charge in [0.25, 0.3) is 0 Å². The number of hydrogen-bond acceptors (Lipinski definition) is 1. The summed E-state index contributed by atoms with van der Waals surface area (Å²) in [5.41, 5.74) is 1.33. The summed E-state index contributed by atoms with van der Waals surface area (Å²) < 4.78 is 40.0. The number of allylic oxidation sites excluding steroid dienone is 1. The molecular formula is C17H13F3N2O. The number of rotatable bonds is 3. The lowest BCUT2D eigenvalue weighted by Gasteiger charge is -2.09. The number of alkyl halides is 3. The van der Waals surface area contributed by atoms with Crippen LogP contribution < -0.4 is 5.69 Å². The second-order valence-corrected chi connectivity index (χ2v) is 5.14. The van der Waals surface area contributed by atoms with Crippen LogP contribution in [0.25, 0.3) is 22.2 Å². The molecule has 3 nitrogen and oxygen atoms in total. The zero-order valence-corrected chi connectivity index (χ0v) is 12.0. The van der Waals surface area contributed by atoms with Gasteiger partial charge in [-0.25, -0.2) is 4.79 Å². The highest BCUT2D eigenvalue weighted by Crippen LogP contribution is 2.32. The number of nitrogens with one attached hydrogen (secondary N) is 1. The molecular weight excluding hydrogens is 305 g/mol. The molecule has 0 saturated heterocycles. The van der Waals surface area contributed by atoms with Gasteiger partial charge in [0.1, 0.15) is 0 Å². The molecule has 0 radical (unpaired) electrons. The van der Waals surface area contributed by atoms with Crippen molar-refractivity contribution in [2.75, 3.05) is 0 Å². The SMILES string of the molecule is C=CCn1c(=O)[nH]c2cc(-c3cccc(C(F)(F)F)c3)ccc21. The first-order valence-corrected chi connectivity index (χ1v) is 6.91. The Morgan fingerprint density at radius 1 is 1.13 bits per heavy atom. The van der Waals surface area contributed by atoms with E-state index in [0.29, 0.717) is 28.7 Å². The first kappa shape index (κ1) is 15.1. The third-order valence-electron chi connectivity index (χ3n) is 3.61. The second kappa shape index (κ2) is 5.46. The molecule has 0 fully saturated rings. The average Bonchev–Trinajstić information content (AvgIpc) is 2.82. The van der Waals surface area contributed by atoms with Crippen LogP contribution in [0.5, 0.6) is 0 Å². The summed E-state index contributed by atoms with van der Waals surface area (Å²) in [4.78, 5) is 14.6. The van der Waals surface area contributed by atoms with Crippen LogP contribution in [-0.2, 0) is 12.7 Å². The molecule has 0 aliphatic rings. The van der Waals surface area contributed by atoms with Gasteiger partial charge in [-0.05, 0) is 35.4 Å². The number of imidazole rings is 1. The van der Waals surface area contributed by atoms with Crippen molar-refractivity contribution < 1.29 is 13.2 Å². The molecule has 2 aromatic carbocycles. The fourth-order valence-electron chi connectivity index (χ4n) is 2.53. The average molecular weight is 318 g/mol. The number of hydrogen-bond donors (Lipinski definition) is 1. The van der Waals surface area contributed by atoms with Crippen molar-refractivity contribution in [3.05, 3.63) is 71.2 Å². The molecule has 118 valence electrons. The Labute approximate surface area is 129 Å². The minimum Gasteiger partial charge on any atom is -0.306 e. The van der Waals surface area contributed by atoms with Crippen LogP contribution in [0.1, 0.15) is 5.56 Å². The number of aromatic amines is 1. The topological polar surface area (TPSA) is 37.8 Å². The van der Waals surface area contributed by atoms with Gasteiger partial charge in [0.2, 0.25) is 0 Å². The van der Waals surface area contributed by atoms with E-state index in [2.05, 4.69) is 11.6 Å². The number of nitrogens with zero attached hydrogens (tertiary/aromatic N) is 1. The molecule has 3 rings (SSSR count). The van der Waals surface area contributed by atoms with E-state index in [1.807, 2.05) is 0 Å². The monoisotopic (exact) mass is 318 g/mol. The van der Waals surface area contributed by atoms with E-state index in [4.69, 9.17) is 0 Å². The molecule has 1 aromatic heterocycles. The molecule has 0 aliphatic carbocycles. The molecule has 0 spiro atoms. The number of H-pyrrole nitrogens is 1. The Balaban J connectivity index is 2.11. The van der Waals surface area contributed by atoms with Gasteiger partial charge in [0.05, 0.1) is 16.6 Å². The van der Waals surface area contributed by atoms with E-state index in [0.717, 1.165) is 12.1 Å². The Hall–Kier alpha value is -2.76. The van der Waals surface area contributed by atoms with Crippen LogP contribution in [-0.4, -0.2) is 9.55 Å². The lowest BCUT2D eigenvalue weighted by Crippen LogP contribution is -2.15. The lowest BCUT2D eigenvalue weighted by molar-refractivity contribution is -0.137. The van der Waals surface area contributed by atoms with Gasteiger partial charge >= 0.3 is 11.9 Å². The highest BCUT2D eigenvalue weighted by Gasteiger charge is 2.30. The summed E-state index contributed by atoms with van der Waals surface area (Å²) in [7, 11) is 0. The van der Waals surface area contributed by atoms with Crippen LogP contribution in [0.4, 0.5) is 13.2 Å². The quantitative estimate of drug-likeness (QED) is 0.722. The fraction of sp³-hybridized carbons (Fsp3) is 0.118. The summed E-state index contributed by atoms with van der Waals surface area (Å²) in [6, 6.07) is 10.2. The van der Waals surface area contributed by atoms with Crippen LogP contribution in [0, 0.1) is 0 Å². The van der Waals surface area contributed by atoms with Gasteiger partial charge in [0.15, 0.2) is 0 Å². The van der Waals surface area contributed by atoms with Gasteiger partial charge in [-0.2, -0.15) is 13.2 Å². The third kappa shape index (κ3) is 2.79. The Kier molecular flexibility index (Phi) is 3.60. The highest BCUT2D eigenvalue weighted by atomic mass is 19.4. The second-order valence-electron chi connectivity index (χ2n) is 5.14. The standard InChI is InChI=1S/C17H13F3N2O/c1-2-8-22-15-7-6-12(10-14(15)21-16(22)23)11-4-3-5-13(9-11)17(18,19)20/h2-7,9-10H,1,8H2,(H,21,23). The normalized spacial score (nSPS) is 11.8. The largest absolute Gasteiger partial charge is 0.416 e. The van der Waals surface area contributed by atoms with Gasteiger partial charge in [-0.1, -0.05) is 24.3 Å². The van der Waals surface area contributed by atoms with Crippen molar-refractivity contribution in [3.63, 3.8) is 0 Å². The molecule has 0 saturated carbocycles. The third-order valence-corrected chi connectivity index (χ3v) is 3.61. The predicted octanol–water partition coefficient (Wildman–Crippen LogP) is 4.20. The molecule has 1 N–H and O–H groups in total. The highest BCUT2D eigenvalue weighted by molar-refractivity contribution is 5.82. The van der Waals surface area contributed by atoms with Crippen molar-refractivity contribution >= 4 is 11.0 Å². The van der Waals surface area contributed by atoms with E-state index in [1.165, 1.54) is 10.6 Å². The fourth-order valence-corrected chi connectivity index (χ4v) is 2.53. The number of aromatic nitrogens is 2. The van der Waals surface area contributed by atoms with Crippen molar-refractivity contribution in [2.45, 2.75) is 12.7 Å². The lowest BCUT2D eigenvalue weighted by atomic mass is 10.0. The molecule has 23 heavy (non-hydrogen) atoms. The van der Waals surface area contributed by atoms with Crippen molar-refractivity contribution in [3.8, 4) is 11.1 Å². The summed E-state index contributed by atoms with van der Waals surface area (Å²) in [6.45, 7) is 3.96. The minimum absolute atomic E-state index is 0.277. The maximum absolute atomic E-state index is 12.8. The number of fused-ring (bicyclic) bond motifs is 1. The van der Waals surface area contributed by atoms with Crippen LogP contribution in [0.3, 0.4) is 0 Å². The van der Waals surface area contributed by atoms with Gasteiger partial charge in [0, 0.05) is 6.54 Å². The van der Waals surface area contributed by atoms with Gasteiger partial charge in [-0.3, -0.25) is 4.57 Å². The van der Waals surface area contributed by atoms with Crippen LogP contribution in [0.2, 0.25) is 0 Å². The minimum atomic E-state index is -4.39. The number of halogens is 3. The molecule has 0 atom stereocenters. The predicted molar refractivity (Wildman–Crippen MR) is 83.2 cm³/mol. The van der Waals surface area contributed by atoms with E-state index >= 15 is 0 Å². The van der Waals surface area contributed by atoms with E-state index in [9.17, 15) is 18.0 Å². The van der Waals surface area contributed by atoms with Crippen molar-refractivity contribution in [2.24, 2.45) is 0 Å². The molecule has 1 heterocycles. The number of benzene rings is 2. The van der Waals surface area contributed by atoms with Gasteiger partial charge < -0.3 is 4.98 Å². The maximum Gasteiger partial charge on any atom is 0.416 e.